The third kappa shape index (κ3) is 3.62. The molecule has 2 heterocycles. The quantitative estimate of drug-likeness (QED) is 0.415. The number of aryl methyl sites for hydroxylation is 1. The van der Waals surface area contributed by atoms with E-state index in [1.807, 2.05) is 13.0 Å². The summed E-state index contributed by atoms with van der Waals surface area (Å²) in [6.07, 6.45) is 3.09. The molecular formula is C22H15Cl2N3O2. The number of H-pyrrole nitrogens is 1. The number of nitrogens with one attached hydrogen (secondary N) is 2. The van der Waals surface area contributed by atoms with Crippen LogP contribution in [0.4, 0.5) is 5.69 Å². The van der Waals surface area contributed by atoms with Crippen LogP contribution >= 0.6 is 23.2 Å². The van der Waals surface area contributed by atoms with Crippen LogP contribution in [0.5, 0.6) is 0 Å². The highest BCUT2D eigenvalue weighted by Crippen LogP contribution is 2.32. The first-order valence-electron chi connectivity index (χ1n) is 8.78. The Morgan fingerprint density at radius 1 is 1.00 bits per heavy atom. The highest BCUT2D eigenvalue weighted by molar-refractivity contribution is 6.41. The van der Waals surface area contributed by atoms with Crippen molar-refractivity contribution in [3.8, 4) is 0 Å². The number of halogens is 2. The van der Waals surface area contributed by atoms with E-state index in [2.05, 4.69) is 15.3 Å². The van der Waals surface area contributed by atoms with E-state index in [0.29, 0.717) is 27.9 Å². The molecule has 2 aromatic heterocycles. The van der Waals surface area contributed by atoms with Crippen LogP contribution in [0.2, 0.25) is 10.0 Å². The van der Waals surface area contributed by atoms with Gasteiger partial charge in [-0.05, 0) is 49.4 Å². The minimum absolute atomic E-state index is 0.254. The van der Waals surface area contributed by atoms with Crippen LogP contribution in [0.15, 0.2) is 60.9 Å². The lowest BCUT2D eigenvalue weighted by molar-refractivity contribution is 0.102. The van der Waals surface area contributed by atoms with Crippen LogP contribution in [0.1, 0.15) is 32.0 Å². The largest absolute Gasteiger partial charge is 0.358 e. The van der Waals surface area contributed by atoms with Crippen LogP contribution in [-0.2, 0) is 0 Å². The number of aromatic amines is 1. The molecule has 0 radical (unpaired) electrons. The molecule has 0 saturated heterocycles. The third-order valence-electron chi connectivity index (χ3n) is 4.58. The van der Waals surface area contributed by atoms with Crippen LogP contribution < -0.4 is 5.32 Å². The van der Waals surface area contributed by atoms with Gasteiger partial charge in [-0.15, -0.1) is 0 Å². The Kier molecular flexibility index (Phi) is 5.09. The fraction of sp³-hybridized carbons (Fsp3) is 0.0455. The van der Waals surface area contributed by atoms with Crippen molar-refractivity contribution in [1.29, 1.82) is 0 Å². The molecule has 0 fully saturated rings. The predicted molar refractivity (Wildman–Crippen MR) is 115 cm³/mol. The zero-order valence-electron chi connectivity index (χ0n) is 15.3. The summed E-state index contributed by atoms with van der Waals surface area (Å²) in [5.74, 6) is -0.563. The fourth-order valence-corrected chi connectivity index (χ4v) is 3.81. The number of hydrogen-bond acceptors (Lipinski definition) is 3. The monoisotopic (exact) mass is 423 g/mol. The average Bonchev–Trinajstić information content (AvgIpc) is 3.03. The molecule has 0 bridgehead atoms. The van der Waals surface area contributed by atoms with Crippen molar-refractivity contribution in [1.82, 2.24) is 9.97 Å². The van der Waals surface area contributed by atoms with E-state index in [4.69, 9.17) is 23.2 Å². The molecule has 4 rings (SSSR count). The number of carbonyl (C=O) groups is 2. The summed E-state index contributed by atoms with van der Waals surface area (Å²) in [4.78, 5) is 32.8. The summed E-state index contributed by atoms with van der Waals surface area (Å²) in [5.41, 5.74) is 3.18. The van der Waals surface area contributed by atoms with Gasteiger partial charge in [0, 0.05) is 34.7 Å². The predicted octanol–water partition coefficient (Wildman–Crippen LogP) is 5.66. The van der Waals surface area contributed by atoms with Crippen LogP contribution in [0.25, 0.3) is 10.9 Å². The molecular weight excluding hydrogens is 409 g/mol. The minimum Gasteiger partial charge on any atom is -0.358 e. The van der Waals surface area contributed by atoms with Crippen molar-refractivity contribution in [2.75, 3.05) is 5.32 Å². The lowest BCUT2D eigenvalue weighted by Crippen LogP contribution is -2.12. The van der Waals surface area contributed by atoms with Crippen molar-refractivity contribution in [2.24, 2.45) is 0 Å². The van der Waals surface area contributed by atoms with Crippen molar-refractivity contribution >= 4 is 51.5 Å². The molecule has 29 heavy (non-hydrogen) atoms. The van der Waals surface area contributed by atoms with Crippen molar-refractivity contribution in [2.45, 2.75) is 6.92 Å². The maximum Gasteiger partial charge on any atom is 0.257 e. The summed E-state index contributed by atoms with van der Waals surface area (Å²) >= 11 is 12.5. The molecule has 2 aromatic carbocycles. The summed E-state index contributed by atoms with van der Waals surface area (Å²) in [7, 11) is 0. The van der Waals surface area contributed by atoms with Gasteiger partial charge in [0.25, 0.3) is 5.91 Å². The van der Waals surface area contributed by atoms with Gasteiger partial charge in [0.2, 0.25) is 0 Å². The van der Waals surface area contributed by atoms with Gasteiger partial charge in [0.05, 0.1) is 26.7 Å². The van der Waals surface area contributed by atoms with Crippen LogP contribution in [0.3, 0.4) is 0 Å². The van der Waals surface area contributed by atoms with Gasteiger partial charge in [0.1, 0.15) is 0 Å². The van der Waals surface area contributed by atoms with E-state index in [-0.39, 0.29) is 27.3 Å². The number of carbonyl (C=O) groups excluding carboxylic acids is 2. The van der Waals surface area contributed by atoms with E-state index < -0.39 is 0 Å². The van der Waals surface area contributed by atoms with E-state index in [1.165, 1.54) is 6.20 Å². The summed E-state index contributed by atoms with van der Waals surface area (Å²) in [5, 5.41) is 4.08. The number of amides is 1. The van der Waals surface area contributed by atoms with Gasteiger partial charge < -0.3 is 10.3 Å². The fourth-order valence-electron chi connectivity index (χ4n) is 3.24. The molecule has 5 nitrogen and oxygen atoms in total. The van der Waals surface area contributed by atoms with Gasteiger partial charge >= 0.3 is 0 Å². The number of hydrogen-bond donors (Lipinski definition) is 2. The normalized spacial score (nSPS) is 10.9. The third-order valence-corrected chi connectivity index (χ3v) is 5.21. The summed E-state index contributed by atoms with van der Waals surface area (Å²) in [6.45, 7) is 1.81. The molecule has 1 amide bonds. The number of anilines is 1. The first-order valence-corrected chi connectivity index (χ1v) is 9.53. The van der Waals surface area contributed by atoms with Gasteiger partial charge in [-0.25, -0.2) is 0 Å². The van der Waals surface area contributed by atoms with E-state index >= 15 is 0 Å². The van der Waals surface area contributed by atoms with E-state index in [0.717, 1.165) is 5.52 Å². The van der Waals surface area contributed by atoms with Crippen molar-refractivity contribution < 1.29 is 9.59 Å². The molecule has 2 N–H and O–H groups in total. The first-order chi connectivity index (χ1) is 14.0. The number of rotatable bonds is 4. The molecule has 0 aliphatic carbocycles. The Labute approximate surface area is 176 Å². The smallest absolute Gasteiger partial charge is 0.257 e. The van der Waals surface area contributed by atoms with Gasteiger partial charge in [0.15, 0.2) is 5.78 Å². The number of ketones is 1. The molecule has 144 valence electrons. The molecule has 0 aliphatic rings. The molecule has 4 aromatic rings. The van der Waals surface area contributed by atoms with E-state index in [9.17, 15) is 9.59 Å². The van der Waals surface area contributed by atoms with Gasteiger partial charge in [-0.3, -0.25) is 14.6 Å². The van der Waals surface area contributed by atoms with Crippen molar-refractivity contribution in [3.63, 3.8) is 0 Å². The second kappa shape index (κ2) is 7.70. The van der Waals surface area contributed by atoms with Crippen LogP contribution in [-0.4, -0.2) is 21.7 Å². The maximum absolute atomic E-state index is 13.3. The Morgan fingerprint density at radius 3 is 2.45 bits per heavy atom. The average molecular weight is 424 g/mol. The minimum atomic E-state index is -0.285. The van der Waals surface area contributed by atoms with Gasteiger partial charge in [-0.2, -0.15) is 0 Å². The molecule has 0 unspecified atom stereocenters. The highest BCUT2D eigenvalue weighted by Gasteiger charge is 2.22. The number of aromatic nitrogens is 2. The second-order valence-corrected chi connectivity index (χ2v) is 7.32. The van der Waals surface area contributed by atoms with Crippen molar-refractivity contribution in [3.05, 3.63) is 93.4 Å². The lowest BCUT2D eigenvalue weighted by Gasteiger charge is -2.08. The first kappa shape index (κ1) is 19.2. The van der Waals surface area contributed by atoms with Gasteiger partial charge in [-0.1, -0.05) is 29.3 Å². The highest BCUT2D eigenvalue weighted by atomic mass is 35.5. The number of fused-ring (bicyclic) bond motifs is 1. The second-order valence-electron chi connectivity index (χ2n) is 6.51. The lowest BCUT2D eigenvalue weighted by atomic mass is 10.00. The maximum atomic E-state index is 13.3. The Balaban J connectivity index is 1.76. The molecule has 0 saturated carbocycles. The number of benzene rings is 2. The molecule has 0 spiro atoms. The Bertz CT molecular complexity index is 1230. The number of nitrogens with zero attached hydrogens (tertiary/aromatic N) is 1. The summed E-state index contributed by atoms with van der Waals surface area (Å²) < 4.78 is 0. The molecule has 0 aliphatic heterocycles. The standard InChI is InChI=1S/C22H15Cl2N3O2/c1-12-19(21(28)20-16(23)5-2-6-17(20)24)15-10-14(7-8-18(15)26-12)27-22(29)13-4-3-9-25-11-13/h2-11,26H,1H3,(H,27,29). The zero-order chi connectivity index (χ0) is 20.5. The molecule has 0 atom stereocenters. The van der Waals surface area contributed by atoms with Crippen LogP contribution in [0, 0.1) is 6.92 Å². The SMILES string of the molecule is Cc1[nH]c2ccc(NC(=O)c3cccnc3)cc2c1C(=O)c1c(Cl)cccc1Cl. The number of pyridine rings is 1. The Hall–Kier alpha value is -3.15. The molecule has 7 heteroatoms. The summed E-state index contributed by atoms with van der Waals surface area (Å²) in [6, 6.07) is 13.7. The Morgan fingerprint density at radius 2 is 1.76 bits per heavy atom. The zero-order valence-corrected chi connectivity index (χ0v) is 16.8. The topological polar surface area (TPSA) is 74.8 Å². The van der Waals surface area contributed by atoms with E-state index in [1.54, 1.807) is 48.7 Å².